The lowest BCUT2D eigenvalue weighted by molar-refractivity contribution is 0.378. The average molecular weight is 261 g/mol. The van der Waals surface area contributed by atoms with E-state index in [1.807, 2.05) is 6.07 Å². The summed E-state index contributed by atoms with van der Waals surface area (Å²) in [6.45, 7) is 2.99. The Balaban J connectivity index is 2.02. The van der Waals surface area contributed by atoms with Crippen LogP contribution < -0.4 is 5.73 Å². The third-order valence-corrected chi connectivity index (χ3v) is 4.19. The number of hydrogen-bond donors (Lipinski definition) is 1. The number of aromatic nitrogens is 2. The van der Waals surface area contributed by atoms with Gasteiger partial charge < -0.3 is 10.3 Å². The topological polar surface area (TPSA) is 43.8 Å². The maximum atomic E-state index is 13.3. The van der Waals surface area contributed by atoms with Crippen molar-refractivity contribution in [3.8, 4) is 0 Å². The summed E-state index contributed by atoms with van der Waals surface area (Å²) in [7, 11) is 0. The summed E-state index contributed by atoms with van der Waals surface area (Å²) >= 11 is 0. The summed E-state index contributed by atoms with van der Waals surface area (Å²) in [4.78, 5) is 4.68. The number of fused-ring (bicyclic) bond motifs is 1. The van der Waals surface area contributed by atoms with Crippen molar-refractivity contribution in [2.24, 2.45) is 5.73 Å². The molecule has 1 saturated carbocycles. The Morgan fingerprint density at radius 2 is 2.05 bits per heavy atom. The van der Waals surface area contributed by atoms with Gasteiger partial charge in [0.2, 0.25) is 0 Å². The molecular formula is C15H20FN3. The molecule has 0 amide bonds. The second kappa shape index (κ2) is 4.93. The van der Waals surface area contributed by atoms with Gasteiger partial charge in [-0.25, -0.2) is 9.37 Å². The number of hydrogen-bond acceptors (Lipinski definition) is 2. The standard InChI is InChI=1S/C15H20FN3/c1-2-19-14-8-5-11(16)9-13(14)18-15(19)10-3-6-12(17)7-4-10/h5,8-10,12H,2-4,6-7,17H2,1H3. The van der Waals surface area contributed by atoms with Gasteiger partial charge in [0.05, 0.1) is 11.0 Å². The Kier molecular flexibility index (Phi) is 3.27. The minimum Gasteiger partial charge on any atom is -0.328 e. The fourth-order valence-electron chi connectivity index (χ4n) is 3.14. The number of aryl methyl sites for hydroxylation is 1. The molecule has 1 fully saturated rings. The quantitative estimate of drug-likeness (QED) is 0.902. The molecule has 1 aromatic carbocycles. The van der Waals surface area contributed by atoms with Crippen molar-refractivity contribution < 1.29 is 4.39 Å². The molecule has 3 rings (SSSR count). The zero-order chi connectivity index (χ0) is 13.4. The van der Waals surface area contributed by atoms with E-state index in [1.165, 1.54) is 12.1 Å². The Hall–Kier alpha value is -1.42. The van der Waals surface area contributed by atoms with Crippen LogP contribution in [-0.2, 0) is 6.54 Å². The van der Waals surface area contributed by atoms with E-state index in [1.54, 1.807) is 0 Å². The van der Waals surface area contributed by atoms with Crippen molar-refractivity contribution in [3.05, 3.63) is 29.8 Å². The van der Waals surface area contributed by atoms with Crippen LogP contribution in [0.25, 0.3) is 11.0 Å². The highest BCUT2D eigenvalue weighted by molar-refractivity contribution is 5.76. The lowest BCUT2D eigenvalue weighted by Crippen LogP contribution is -2.26. The lowest BCUT2D eigenvalue weighted by atomic mass is 9.86. The summed E-state index contributed by atoms with van der Waals surface area (Å²) in [5, 5.41) is 0. The highest BCUT2D eigenvalue weighted by Gasteiger charge is 2.24. The second-order valence-electron chi connectivity index (χ2n) is 5.46. The molecule has 2 aromatic rings. The van der Waals surface area contributed by atoms with E-state index in [0.29, 0.717) is 12.0 Å². The van der Waals surface area contributed by atoms with Crippen LogP contribution in [0.2, 0.25) is 0 Å². The molecule has 0 unspecified atom stereocenters. The predicted octanol–water partition coefficient (Wildman–Crippen LogP) is 3.18. The van der Waals surface area contributed by atoms with Gasteiger partial charge in [-0.1, -0.05) is 0 Å². The van der Waals surface area contributed by atoms with Crippen molar-refractivity contribution in [2.45, 2.75) is 51.1 Å². The molecule has 3 nitrogen and oxygen atoms in total. The van der Waals surface area contributed by atoms with Gasteiger partial charge in [-0.05, 0) is 44.7 Å². The summed E-state index contributed by atoms with van der Waals surface area (Å²) in [5.74, 6) is 1.36. The van der Waals surface area contributed by atoms with Gasteiger partial charge in [0.15, 0.2) is 0 Å². The van der Waals surface area contributed by atoms with Crippen LogP contribution in [0.4, 0.5) is 4.39 Å². The van der Waals surface area contributed by atoms with Gasteiger partial charge in [-0.3, -0.25) is 0 Å². The Morgan fingerprint density at radius 3 is 2.74 bits per heavy atom. The fraction of sp³-hybridized carbons (Fsp3) is 0.533. The molecule has 0 aliphatic heterocycles. The van der Waals surface area contributed by atoms with E-state index in [0.717, 1.165) is 49.1 Å². The Labute approximate surface area is 112 Å². The van der Waals surface area contributed by atoms with Crippen LogP contribution in [0.15, 0.2) is 18.2 Å². The van der Waals surface area contributed by atoms with Crippen LogP contribution in [0.1, 0.15) is 44.3 Å². The largest absolute Gasteiger partial charge is 0.328 e. The number of nitrogens with zero attached hydrogens (tertiary/aromatic N) is 2. The van der Waals surface area contributed by atoms with Gasteiger partial charge in [-0.15, -0.1) is 0 Å². The molecule has 0 saturated heterocycles. The first-order valence-corrected chi connectivity index (χ1v) is 7.10. The van der Waals surface area contributed by atoms with Gasteiger partial charge in [-0.2, -0.15) is 0 Å². The first-order valence-electron chi connectivity index (χ1n) is 7.10. The fourth-order valence-corrected chi connectivity index (χ4v) is 3.14. The molecule has 19 heavy (non-hydrogen) atoms. The van der Waals surface area contributed by atoms with Crippen molar-refractivity contribution in [2.75, 3.05) is 0 Å². The molecule has 1 aromatic heterocycles. The third-order valence-electron chi connectivity index (χ3n) is 4.19. The molecule has 0 bridgehead atoms. The van der Waals surface area contributed by atoms with Crippen LogP contribution in [0.5, 0.6) is 0 Å². The molecular weight excluding hydrogens is 241 g/mol. The number of benzene rings is 1. The minimum atomic E-state index is -0.217. The van der Waals surface area contributed by atoms with E-state index >= 15 is 0 Å². The van der Waals surface area contributed by atoms with Crippen molar-refractivity contribution in [3.63, 3.8) is 0 Å². The van der Waals surface area contributed by atoms with E-state index < -0.39 is 0 Å². The molecule has 0 radical (unpaired) electrons. The zero-order valence-corrected chi connectivity index (χ0v) is 11.3. The van der Waals surface area contributed by atoms with E-state index in [9.17, 15) is 4.39 Å². The molecule has 1 aliphatic carbocycles. The van der Waals surface area contributed by atoms with E-state index in [2.05, 4.69) is 16.5 Å². The van der Waals surface area contributed by atoms with Crippen LogP contribution in [0.3, 0.4) is 0 Å². The lowest BCUT2D eigenvalue weighted by Gasteiger charge is -2.26. The van der Waals surface area contributed by atoms with Gasteiger partial charge in [0.1, 0.15) is 11.6 Å². The van der Waals surface area contributed by atoms with Crippen molar-refractivity contribution in [1.29, 1.82) is 0 Å². The van der Waals surface area contributed by atoms with E-state index in [-0.39, 0.29) is 5.82 Å². The predicted molar refractivity (Wildman–Crippen MR) is 74.5 cm³/mol. The highest BCUT2D eigenvalue weighted by Crippen LogP contribution is 2.33. The summed E-state index contributed by atoms with van der Waals surface area (Å²) < 4.78 is 15.5. The van der Waals surface area contributed by atoms with Crippen LogP contribution in [-0.4, -0.2) is 15.6 Å². The summed E-state index contributed by atoms with van der Waals surface area (Å²) in [5.41, 5.74) is 7.77. The Bertz CT molecular complexity index is 582. The SMILES string of the molecule is CCn1c(C2CCC(N)CC2)nc2cc(F)ccc21. The maximum absolute atomic E-state index is 13.3. The smallest absolute Gasteiger partial charge is 0.125 e. The van der Waals surface area contributed by atoms with Gasteiger partial charge in [0.25, 0.3) is 0 Å². The summed E-state index contributed by atoms with van der Waals surface area (Å²) in [6, 6.07) is 5.21. The molecule has 1 heterocycles. The number of nitrogens with two attached hydrogens (primary N) is 1. The maximum Gasteiger partial charge on any atom is 0.125 e. The highest BCUT2D eigenvalue weighted by atomic mass is 19.1. The first kappa shape index (κ1) is 12.6. The van der Waals surface area contributed by atoms with Crippen LogP contribution >= 0.6 is 0 Å². The zero-order valence-electron chi connectivity index (χ0n) is 11.3. The molecule has 2 N–H and O–H groups in total. The summed E-state index contributed by atoms with van der Waals surface area (Å²) in [6.07, 6.45) is 4.30. The third kappa shape index (κ3) is 2.25. The monoisotopic (exact) mass is 261 g/mol. The van der Waals surface area contributed by atoms with Crippen molar-refractivity contribution in [1.82, 2.24) is 9.55 Å². The van der Waals surface area contributed by atoms with Gasteiger partial charge in [0, 0.05) is 24.6 Å². The minimum absolute atomic E-state index is 0.217. The first-order chi connectivity index (χ1) is 9.19. The number of rotatable bonds is 2. The molecule has 0 spiro atoms. The molecule has 1 aliphatic rings. The molecule has 4 heteroatoms. The molecule has 0 atom stereocenters. The Morgan fingerprint density at radius 1 is 1.32 bits per heavy atom. The second-order valence-corrected chi connectivity index (χ2v) is 5.46. The number of halogens is 1. The normalized spacial score (nSPS) is 23.9. The van der Waals surface area contributed by atoms with Crippen molar-refractivity contribution >= 4 is 11.0 Å². The van der Waals surface area contributed by atoms with Gasteiger partial charge >= 0.3 is 0 Å². The van der Waals surface area contributed by atoms with E-state index in [4.69, 9.17) is 5.73 Å². The van der Waals surface area contributed by atoms with Crippen LogP contribution in [0, 0.1) is 5.82 Å². The average Bonchev–Trinajstić information content (AvgIpc) is 2.77. The number of imidazole rings is 1. The molecule has 102 valence electrons.